The molecule has 1 fully saturated rings. The van der Waals surface area contributed by atoms with Crippen LogP contribution in [0.1, 0.15) is 12.8 Å². The van der Waals surface area contributed by atoms with Crippen molar-refractivity contribution in [2.45, 2.75) is 12.8 Å². The monoisotopic (exact) mass is 144 g/mol. The standard InChI is InChI=1S/C6H12N2O2/c7-6(9)5-2-1-3-8(10)4-5/h5,10H,1-4H2,(H2,7,9). The zero-order chi connectivity index (χ0) is 7.56. The molecule has 1 saturated heterocycles. The van der Waals surface area contributed by atoms with Gasteiger partial charge in [-0.25, -0.2) is 0 Å². The number of carbonyl (C=O) groups excluding carboxylic acids is 1. The largest absolute Gasteiger partial charge is 0.369 e. The molecule has 10 heavy (non-hydrogen) atoms. The van der Waals surface area contributed by atoms with E-state index in [1.165, 1.54) is 0 Å². The van der Waals surface area contributed by atoms with E-state index >= 15 is 0 Å². The van der Waals surface area contributed by atoms with Gasteiger partial charge in [-0.05, 0) is 12.8 Å². The van der Waals surface area contributed by atoms with E-state index in [-0.39, 0.29) is 11.8 Å². The Kier molecular flexibility index (Phi) is 2.24. The number of carbonyl (C=O) groups is 1. The lowest BCUT2D eigenvalue weighted by Gasteiger charge is -2.25. The van der Waals surface area contributed by atoms with E-state index < -0.39 is 0 Å². The third-order valence-corrected chi connectivity index (χ3v) is 1.80. The molecule has 58 valence electrons. The van der Waals surface area contributed by atoms with Crippen molar-refractivity contribution in [3.63, 3.8) is 0 Å². The van der Waals surface area contributed by atoms with Gasteiger partial charge in [-0.3, -0.25) is 4.79 Å². The molecule has 0 bridgehead atoms. The van der Waals surface area contributed by atoms with Crippen LogP contribution >= 0.6 is 0 Å². The number of nitrogens with zero attached hydrogens (tertiary/aromatic N) is 1. The fraction of sp³-hybridized carbons (Fsp3) is 0.833. The SMILES string of the molecule is NC(=O)C1CCCN(O)C1. The smallest absolute Gasteiger partial charge is 0.221 e. The van der Waals surface area contributed by atoms with Crippen LogP contribution in [0.3, 0.4) is 0 Å². The van der Waals surface area contributed by atoms with Gasteiger partial charge in [-0.1, -0.05) is 0 Å². The van der Waals surface area contributed by atoms with E-state index in [4.69, 9.17) is 10.9 Å². The molecule has 1 aliphatic rings. The lowest BCUT2D eigenvalue weighted by Crippen LogP contribution is -2.39. The van der Waals surface area contributed by atoms with Crippen molar-refractivity contribution in [1.82, 2.24) is 5.06 Å². The number of piperidine rings is 1. The third-order valence-electron chi connectivity index (χ3n) is 1.80. The summed E-state index contributed by atoms with van der Waals surface area (Å²) in [5.41, 5.74) is 5.05. The molecule has 4 nitrogen and oxygen atoms in total. The predicted molar refractivity (Wildman–Crippen MR) is 35.3 cm³/mol. The van der Waals surface area contributed by atoms with Crippen LogP contribution in [0.4, 0.5) is 0 Å². The number of amides is 1. The van der Waals surface area contributed by atoms with Crippen LogP contribution in [0, 0.1) is 5.92 Å². The lowest BCUT2D eigenvalue weighted by atomic mass is 9.99. The minimum Gasteiger partial charge on any atom is -0.369 e. The number of hydrogen-bond donors (Lipinski definition) is 2. The number of nitrogens with two attached hydrogens (primary N) is 1. The van der Waals surface area contributed by atoms with Crippen LogP contribution in [0.5, 0.6) is 0 Å². The molecule has 0 aromatic rings. The molecule has 0 spiro atoms. The van der Waals surface area contributed by atoms with Gasteiger partial charge in [0.25, 0.3) is 0 Å². The molecule has 1 amide bonds. The molecule has 1 atom stereocenters. The van der Waals surface area contributed by atoms with Crippen LogP contribution in [-0.2, 0) is 4.79 Å². The highest BCUT2D eigenvalue weighted by atomic mass is 16.5. The lowest BCUT2D eigenvalue weighted by molar-refractivity contribution is -0.140. The maximum atomic E-state index is 10.6. The van der Waals surface area contributed by atoms with Gasteiger partial charge >= 0.3 is 0 Å². The van der Waals surface area contributed by atoms with Crippen molar-refractivity contribution in [3.05, 3.63) is 0 Å². The average molecular weight is 144 g/mol. The van der Waals surface area contributed by atoms with E-state index in [0.29, 0.717) is 13.1 Å². The summed E-state index contributed by atoms with van der Waals surface area (Å²) in [5, 5.41) is 10.1. The number of hydrogen-bond acceptors (Lipinski definition) is 3. The number of rotatable bonds is 1. The molecule has 3 N–H and O–H groups in total. The van der Waals surface area contributed by atoms with Crippen molar-refractivity contribution >= 4 is 5.91 Å². The van der Waals surface area contributed by atoms with Gasteiger partial charge < -0.3 is 10.9 Å². The van der Waals surface area contributed by atoms with Crippen molar-refractivity contribution in [2.75, 3.05) is 13.1 Å². The van der Waals surface area contributed by atoms with Crippen LogP contribution in [0.2, 0.25) is 0 Å². The Morgan fingerprint density at radius 1 is 1.70 bits per heavy atom. The molecule has 0 radical (unpaired) electrons. The molecule has 0 aromatic heterocycles. The molecule has 4 heteroatoms. The normalized spacial score (nSPS) is 28.3. The fourth-order valence-corrected chi connectivity index (χ4v) is 1.19. The Bertz CT molecular complexity index is 138. The van der Waals surface area contributed by atoms with Crippen molar-refractivity contribution < 1.29 is 10.0 Å². The summed E-state index contributed by atoms with van der Waals surface area (Å²) in [6, 6.07) is 0. The molecule has 0 aliphatic carbocycles. The van der Waals surface area contributed by atoms with E-state index in [1.807, 2.05) is 0 Å². The second kappa shape index (κ2) is 2.98. The maximum absolute atomic E-state index is 10.6. The maximum Gasteiger partial charge on any atom is 0.221 e. The minimum atomic E-state index is -0.307. The highest BCUT2D eigenvalue weighted by Gasteiger charge is 2.22. The number of primary amides is 1. The van der Waals surface area contributed by atoms with E-state index in [9.17, 15) is 4.79 Å². The van der Waals surface area contributed by atoms with Crippen molar-refractivity contribution in [1.29, 1.82) is 0 Å². The first-order valence-corrected chi connectivity index (χ1v) is 3.43. The van der Waals surface area contributed by atoms with Crippen molar-refractivity contribution in [2.24, 2.45) is 11.7 Å². The van der Waals surface area contributed by atoms with Gasteiger partial charge in [0.05, 0.1) is 5.92 Å². The predicted octanol–water partition coefficient (Wildman–Crippen LogP) is -0.427. The zero-order valence-electron chi connectivity index (χ0n) is 5.79. The summed E-state index contributed by atoms with van der Waals surface area (Å²) in [6.45, 7) is 1.05. The van der Waals surface area contributed by atoms with Crippen LogP contribution in [-0.4, -0.2) is 29.3 Å². The third kappa shape index (κ3) is 1.68. The summed E-state index contributed by atoms with van der Waals surface area (Å²) < 4.78 is 0. The van der Waals surface area contributed by atoms with Gasteiger partial charge in [0.15, 0.2) is 0 Å². The second-order valence-corrected chi connectivity index (χ2v) is 2.65. The second-order valence-electron chi connectivity index (χ2n) is 2.65. The Morgan fingerprint density at radius 2 is 2.40 bits per heavy atom. The van der Waals surface area contributed by atoms with Gasteiger partial charge in [0.2, 0.25) is 5.91 Å². The zero-order valence-corrected chi connectivity index (χ0v) is 5.79. The van der Waals surface area contributed by atoms with E-state index in [1.54, 1.807) is 0 Å². The van der Waals surface area contributed by atoms with Crippen LogP contribution in [0.25, 0.3) is 0 Å². The van der Waals surface area contributed by atoms with Gasteiger partial charge in [0.1, 0.15) is 0 Å². The van der Waals surface area contributed by atoms with Crippen LogP contribution in [0.15, 0.2) is 0 Å². The van der Waals surface area contributed by atoms with Gasteiger partial charge in [-0.2, -0.15) is 5.06 Å². The molecule has 0 aromatic carbocycles. The van der Waals surface area contributed by atoms with E-state index in [0.717, 1.165) is 17.9 Å². The molecular formula is C6H12N2O2. The first-order chi connectivity index (χ1) is 4.70. The topological polar surface area (TPSA) is 66.6 Å². The number of hydroxylamine groups is 2. The summed E-state index contributed by atoms with van der Waals surface area (Å²) >= 11 is 0. The Hall–Kier alpha value is -0.610. The summed E-state index contributed by atoms with van der Waals surface area (Å²) in [5.74, 6) is -0.461. The summed E-state index contributed by atoms with van der Waals surface area (Å²) in [4.78, 5) is 10.6. The molecule has 1 unspecified atom stereocenters. The Morgan fingerprint density at radius 3 is 2.80 bits per heavy atom. The average Bonchev–Trinajstić information content (AvgIpc) is 1.88. The quantitative estimate of drug-likeness (QED) is 0.525. The fourth-order valence-electron chi connectivity index (χ4n) is 1.19. The molecule has 1 aliphatic heterocycles. The Balaban J connectivity index is 2.39. The first-order valence-electron chi connectivity index (χ1n) is 3.43. The van der Waals surface area contributed by atoms with Gasteiger partial charge in [-0.15, -0.1) is 0 Å². The Labute approximate surface area is 59.6 Å². The minimum absolute atomic E-state index is 0.154. The molecule has 0 saturated carbocycles. The summed E-state index contributed by atoms with van der Waals surface area (Å²) in [6.07, 6.45) is 1.66. The van der Waals surface area contributed by atoms with E-state index in [2.05, 4.69) is 0 Å². The highest BCUT2D eigenvalue weighted by Crippen LogP contribution is 2.13. The first kappa shape index (κ1) is 7.50. The van der Waals surface area contributed by atoms with Crippen molar-refractivity contribution in [3.8, 4) is 0 Å². The molecule has 1 heterocycles. The highest BCUT2D eigenvalue weighted by molar-refractivity contribution is 5.76. The molecule has 1 rings (SSSR count). The van der Waals surface area contributed by atoms with Crippen LogP contribution < -0.4 is 5.73 Å². The molecular weight excluding hydrogens is 132 g/mol. The summed E-state index contributed by atoms with van der Waals surface area (Å²) in [7, 11) is 0. The van der Waals surface area contributed by atoms with Gasteiger partial charge in [0, 0.05) is 13.1 Å².